The van der Waals surface area contributed by atoms with Crippen molar-refractivity contribution in [2.45, 2.75) is 24.2 Å². The molecule has 0 saturated carbocycles. The van der Waals surface area contributed by atoms with Crippen LogP contribution in [0.4, 0.5) is 11.4 Å². The molecule has 0 atom stereocenters. The summed E-state index contributed by atoms with van der Waals surface area (Å²) in [6.07, 6.45) is 0. The molecule has 2 heterocycles. The number of ether oxygens (including phenoxy) is 2. The third kappa shape index (κ3) is 7.13. The predicted octanol–water partition coefficient (Wildman–Crippen LogP) is 7.20. The lowest BCUT2D eigenvalue weighted by molar-refractivity contribution is -0.114. The van der Waals surface area contributed by atoms with Crippen LogP contribution in [0.25, 0.3) is 33.2 Å². The lowest BCUT2D eigenvalue weighted by Crippen LogP contribution is -2.15. The highest BCUT2D eigenvalue weighted by Gasteiger charge is 2.15. The minimum atomic E-state index is -0.178. The molecule has 4 aromatic carbocycles. The summed E-state index contributed by atoms with van der Waals surface area (Å²) in [5.74, 6) is 1.05. The number of H-pyrrole nitrogens is 2. The lowest BCUT2D eigenvalue weighted by Gasteiger charge is -2.14. The number of carbonyl (C=O) groups excluding carboxylic acids is 2. The molecule has 234 valence electrons. The van der Waals surface area contributed by atoms with Crippen molar-refractivity contribution in [2.24, 2.45) is 0 Å². The van der Waals surface area contributed by atoms with Crippen molar-refractivity contribution < 1.29 is 19.1 Å². The maximum absolute atomic E-state index is 12.8. The number of carbonyl (C=O) groups is 2. The van der Waals surface area contributed by atoms with Crippen LogP contribution in [0.1, 0.15) is 11.1 Å². The number of hydrogen-bond acceptors (Lipinski definition) is 8. The van der Waals surface area contributed by atoms with Gasteiger partial charge in [-0.25, -0.2) is 9.97 Å². The van der Waals surface area contributed by atoms with Gasteiger partial charge in [0.15, 0.2) is 10.3 Å². The molecule has 2 aromatic heterocycles. The number of aromatic nitrogens is 4. The molecule has 2 amide bonds. The zero-order valence-corrected chi connectivity index (χ0v) is 27.3. The molecule has 4 N–H and O–H groups in total. The summed E-state index contributed by atoms with van der Waals surface area (Å²) >= 11 is 2.67. The molecular weight excluding hydrogens is 621 g/mol. The minimum absolute atomic E-state index is 0.178. The molecule has 0 aliphatic carbocycles. The fourth-order valence-electron chi connectivity index (χ4n) is 4.93. The van der Waals surface area contributed by atoms with Crippen molar-refractivity contribution in [1.82, 2.24) is 19.9 Å². The number of aromatic amines is 2. The quantitative estimate of drug-likeness (QED) is 0.108. The molecule has 46 heavy (non-hydrogen) atoms. The number of rotatable bonds is 11. The smallest absolute Gasteiger partial charge is 0.234 e. The maximum atomic E-state index is 12.8. The Bertz CT molecular complexity index is 1920. The Morgan fingerprint density at radius 2 is 1.09 bits per heavy atom. The Labute approximate surface area is 274 Å². The van der Waals surface area contributed by atoms with Crippen molar-refractivity contribution in [3.8, 4) is 22.6 Å². The number of methoxy groups -OCH3 is 2. The Kier molecular flexibility index (Phi) is 9.18. The fourth-order valence-corrected chi connectivity index (χ4v) is 6.30. The summed E-state index contributed by atoms with van der Waals surface area (Å²) in [4.78, 5) is 41.2. The summed E-state index contributed by atoms with van der Waals surface area (Å²) in [6, 6.07) is 23.1. The molecule has 0 radical (unpaired) electrons. The predicted molar refractivity (Wildman–Crippen MR) is 185 cm³/mol. The highest BCUT2D eigenvalue weighted by molar-refractivity contribution is 8.00. The summed E-state index contributed by atoms with van der Waals surface area (Å²) in [7, 11) is 3.12. The molecule has 10 nitrogen and oxygen atoms in total. The zero-order valence-electron chi connectivity index (χ0n) is 25.7. The van der Waals surface area contributed by atoms with E-state index in [-0.39, 0.29) is 23.3 Å². The number of nitrogens with one attached hydrogen (secondary N) is 4. The third-order valence-corrected chi connectivity index (χ3v) is 8.94. The summed E-state index contributed by atoms with van der Waals surface area (Å²) < 4.78 is 11.2. The first-order valence-corrected chi connectivity index (χ1v) is 16.4. The average Bonchev–Trinajstić information content (AvgIpc) is 3.66. The van der Waals surface area contributed by atoms with E-state index in [9.17, 15) is 9.59 Å². The van der Waals surface area contributed by atoms with Crippen molar-refractivity contribution >= 4 is 68.8 Å². The minimum Gasteiger partial charge on any atom is -0.495 e. The van der Waals surface area contributed by atoms with Crippen molar-refractivity contribution in [3.63, 3.8) is 0 Å². The van der Waals surface area contributed by atoms with Crippen molar-refractivity contribution in [1.29, 1.82) is 0 Å². The van der Waals surface area contributed by atoms with E-state index >= 15 is 0 Å². The van der Waals surface area contributed by atoms with Gasteiger partial charge in [-0.05, 0) is 84.6 Å². The number of imidazole rings is 2. The SMILES string of the molecule is COc1cc(-c2ccc(NC(=O)CSc3nc4ccc(C)cc4[nH]3)c(OC)c2)ccc1NC(=O)CSc1nc2ccc(C)cc2[nH]1. The molecular formula is C34H32N6O4S2. The first-order chi connectivity index (χ1) is 22.3. The van der Waals surface area contributed by atoms with Gasteiger partial charge < -0.3 is 30.1 Å². The van der Waals surface area contributed by atoms with Gasteiger partial charge in [-0.3, -0.25) is 9.59 Å². The Morgan fingerprint density at radius 1 is 0.652 bits per heavy atom. The first kappa shape index (κ1) is 31.1. The molecule has 0 aliphatic heterocycles. The third-order valence-electron chi connectivity index (χ3n) is 7.20. The van der Waals surface area contributed by atoms with E-state index in [1.54, 1.807) is 26.4 Å². The second-order valence-electron chi connectivity index (χ2n) is 10.6. The van der Waals surface area contributed by atoms with E-state index in [0.717, 1.165) is 44.3 Å². The fraction of sp³-hybridized carbons (Fsp3) is 0.176. The topological polar surface area (TPSA) is 134 Å². The zero-order chi connectivity index (χ0) is 32.2. The number of fused-ring (bicyclic) bond motifs is 2. The summed E-state index contributed by atoms with van der Waals surface area (Å²) in [6.45, 7) is 4.05. The Balaban J connectivity index is 1.08. The number of thioether (sulfide) groups is 2. The van der Waals surface area contributed by atoms with E-state index in [1.165, 1.54) is 23.5 Å². The van der Waals surface area contributed by atoms with Gasteiger partial charge in [-0.2, -0.15) is 0 Å². The Morgan fingerprint density at radius 3 is 1.50 bits per heavy atom. The summed E-state index contributed by atoms with van der Waals surface area (Å²) in [5.41, 5.74) is 8.74. The second kappa shape index (κ2) is 13.6. The largest absolute Gasteiger partial charge is 0.495 e. The van der Waals surface area contributed by atoms with Crippen molar-refractivity contribution in [2.75, 3.05) is 36.4 Å². The molecule has 0 bridgehead atoms. The molecule has 0 unspecified atom stereocenters. The van der Waals surface area contributed by atoms with Gasteiger partial charge in [-0.15, -0.1) is 0 Å². The number of nitrogens with zero attached hydrogens (tertiary/aromatic N) is 2. The van der Waals surface area contributed by atoms with Crippen LogP contribution in [0.2, 0.25) is 0 Å². The maximum Gasteiger partial charge on any atom is 0.234 e. The monoisotopic (exact) mass is 652 g/mol. The Hall–Kier alpha value is -4.94. The van der Waals surface area contributed by atoms with E-state index in [4.69, 9.17) is 9.47 Å². The van der Waals surface area contributed by atoms with Gasteiger partial charge in [0, 0.05) is 0 Å². The molecule has 0 saturated heterocycles. The van der Waals surface area contributed by atoms with Crippen LogP contribution < -0.4 is 20.1 Å². The van der Waals surface area contributed by atoms with Gasteiger partial charge in [0.05, 0.1) is 59.2 Å². The molecule has 0 spiro atoms. The van der Waals surface area contributed by atoms with Crippen LogP contribution >= 0.6 is 23.5 Å². The van der Waals surface area contributed by atoms with Gasteiger partial charge >= 0.3 is 0 Å². The molecule has 0 aliphatic rings. The van der Waals surface area contributed by atoms with Gasteiger partial charge in [0.2, 0.25) is 11.8 Å². The van der Waals surface area contributed by atoms with Gasteiger partial charge in [0.25, 0.3) is 0 Å². The van der Waals surface area contributed by atoms with Crippen LogP contribution in [0.3, 0.4) is 0 Å². The van der Waals surface area contributed by atoms with E-state index in [0.29, 0.717) is 33.2 Å². The highest BCUT2D eigenvalue weighted by atomic mass is 32.2. The number of anilines is 2. The van der Waals surface area contributed by atoms with E-state index in [2.05, 4.69) is 30.6 Å². The number of amides is 2. The van der Waals surface area contributed by atoms with E-state index in [1.807, 2.05) is 74.5 Å². The molecule has 0 fully saturated rings. The molecule has 6 rings (SSSR count). The van der Waals surface area contributed by atoms with Crippen LogP contribution in [-0.2, 0) is 9.59 Å². The van der Waals surface area contributed by atoms with E-state index < -0.39 is 0 Å². The highest BCUT2D eigenvalue weighted by Crippen LogP contribution is 2.35. The summed E-state index contributed by atoms with van der Waals surface area (Å²) in [5, 5.41) is 7.24. The number of benzene rings is 4. The lowest BCUT2D eigenvalue weighted by atomic mass is 10.0. The first-order valence-electron chi connectivity index (χ1n) is 14.4. The molecule has 12 heteroatoms. The average molecular weight is 653 g/mol. The standard InChI is InChI=1S/C34H32N6O4S2/c1-19-5-9-23-27(13-19)39-33(37-23)45-17-31(41)35-25-11-7-21(15-29(25)43-3)22-8-12-26(30(16-22)44-4)36-32(42)18-46-34-38-24-10-6-20(2)14-28(24)40-34/h5-16H,17-18H2,1-4H3,(H,35,41)(H,36,42)(H,37,39)(H,38,40). The van der Waals surface area contributed by atoms with Crippen LogP contribution in [0.5, 0.6) is 11.5 Å². The second-order valence-corrected chi connectivity index (χ2v) is 12.6. The van der Waals surface area contributed by atoms with Crippen LogP contribution in [0, 0.1) is 13.8 Å². The number of hydrogen-bond donors (Lipinski definition) is 4. The van der Waals surface area contributed by atoms with Crippen LogP contribution in [-0.4, -0.2) is 57.5 Å². The molecule has 6 aromatic rings. The van der Waals surface area contributed by atoms with Gasteiger partial charge in [-0.1, -0.05) is 47.8 Å². The number of aryl methyl sites for hydroxylation is 2. The van der Waals surface area contributed by atoms with Gasteiger partial charge in [0.1, 0.15) is 11.5 Å². The van der Waals surface area contributed by atoms with Crippen LogP contribution in [0.15, 0.2) is 83.1 Å². The normalized spacial score (nSPS) is 11.1. The van der Waals surface area contributed by atoms with Crippen molar-refractivity contribution in [3.05, 3.63) is 83.9 Å².